The van der Waals surface area contributed by atoms with Crippen molar-refractivity contribution in [3.63, 3.8) is 0 Å². The number of carboxylic acids is 1. The molecular formula is C25H25BrN4O7. The molecule has 1 aliphatic heterocycles. The average molecular weight is 573 g/mol. The third-order valence-electron chi connectivity index (χ3n) is 6.12. The van der Waals surface area contributed by atoms with Crippen molar-refractivity contribution in [2.24, 2.45) is 5.92 Å². The standard InChI is InChI=1S/C25H25BrN4O7/c1-13-9-16(10-14(2)21(13)37-17-6-7-19(36-3)18(26)11-17)30-25(35)27-22(31)20(28-30)23(32)29-8-4-5-15(12-29)24(33)34/h6-7,9-11,15H,4-5,8,12H2,1-3H3,(H,33,34)(H,27,31,35). The summed E-state index contributed by atoms with van der Waals surface area (Å²) in [7, 11) is 1.57. The normalized spacial score (nSPS) is 15.4. The van der Waals surface area contributed by atoms with Gasteiger partial charge in [-0.05, 0) is 84.1 Å². The number of aliphatic carboxylic acids is 1. The van der Waals surface area contributed by atoms with E-state index in [1.807, 2.05) is 0 Å². The van der Waals surface area contributed by atoms with Gasteiger partial charge in [0.25, 0.3) is 11.5 Å². The molecule has 1 aliphatic rings. The lowest BCUT2D eigenvalue weighted by Gasteiger charge is -2.30. The molecule has 37 heavy (non-hydrogen) atoms. The summed E-state index contributed by atoms with van der Waals surface area (Å²) < 4.78 is 13.0. The Morgan fingerprint density at radius 1 is 1.16 bits per heavy atom. The lowest BCUT2D eigenvalue weighted by molar-refractivity contribution is -0.143. The molecule has 1 amide bonds. The third kappa shape index (κ3) is 5.43. The van der Waals surface area contributed by atoms with Crippen LogP contribution in [0.2, 0.25) is 0 Å². The number of benzene rings is 2. The van der Waals surface area contributed by atoms with Crippen molar-refractivity contribution in [1.82, 2.24) is 19.7 Å². The first kappa shape index (κ1) is 26.1. The Hall–Kier alpha value is -3.93. The van der Waals surface area contributed by atoms with Crippen LogP contribution in [0.15, 0.2) is 44.4 Å². The van der Waals surface area contributed by atoms with E-state index in [4.69, 9.17) is 9.47 Å². The van der Waals surface area contributed by atoms with E-state index in [0.29, 0.717) is 53.4 Å². The Labute approximate surface area is 219 Å². The van der Waals surface area contributed by atoms with E-state index in [1.54, 1.807) is 51.3 Å². The maximum absolute atomic E-state index is 13.1. The van der Waals surface area contributed by atoms with Crippen LogP contribution in [-0.2, 0) is 4.79 Å². The molecule has 3 aromatic rings. The average Bonchev–Trinajstić information content (AvgIpc) is 2.86. The Bertz CT molecular complexity index is 1470. The van der Waals surface area contributed by atoms with Gasteiger partial charge in [-0.15, -0.1) is 0 Å². The first-order valence-electron chi connectivity index (χ1n) is 11.5. The van der Waals surface area contributed by atoms with Gasteiger partial charge in [-0.1, -0.05) is 0 Å². The summed E-state index contributed by atoms with van der Waals surface area (Å²) in [5.74, 6) is -0.637. The van der Waals surface area contributed by atoms with E-state index in [1.165, 1.54) is 4.90 Å². The van der Waals surface area contributed by atoms with E-state index in [2.05, 4.69) is 26.0 Å². The molecule has 0 saturated carbocycles. The maximum atomic E-state index is 13.1. The van der Waals surface area contributed by atoms with Gasteiger partial charge in [-0.2, -0.15) is 9.78 Å². The van der Waals surface area contributed by atoms with Crippen LogP contribution in [0.25, 0.3) is 5.69 Å². The highest BCUT2D eigenvalue weighted by Gasteiger charge is 2.31. The van der Waals surface area contributed by atoms with Crippen LogP contribution in [0.4, 0.5) is 0 Å². The zero-order chi connectivity index (χ0) is 26.9. The van der Waals surface area contributed by atoms with E-state index >= 15 is 0 Å². The number of hydrogen-bond donors (Lipinski definition) is 2. The molecule has 1 atom stereocenters. The first-order valence-corrected chi connectivity index (χ1v) is 12.3. The Kier molecular flexibility index (Phi) is 7.48. The van der Waals surface area contributed by atoms with Gasteiger partial charge < -0.3 is 19.5 Å². The number of hydrogen-bond acceptors (Lipinski definition) is 7. The number of carbonyl (C=O) groups is 2. The molecule has 1 saturated heterocycles. The fraction of sp³-hybridized carbons (Fsp3) is 0.320. The van der Waals surface area contributed by atoms with Crippen molar-refractivity contribution in [2.45, 2.75) is 26.7 Å². The number of piperidine rings is 1. The van der Waals surface area contributed by atoms with Crippen molar-refractivity contribution in [1.29, 1.82) is 0 Å². The van der Waals surface area contributed by atoms with Gasteiger partial charge in [0, 0.05) is 13.1 Å². The van der Waals surface area contributed by atoms with Crippen LogP contribution in [0.1, 0.15) is 34.5 Å². The van der Waals surface area contributed by atoms with Crippen molar-refractivity contribution in [3.05, 3.63) is 72.5 Å². The highest BCUT2D eigenvalue weighted by Crippen LogP contribution is 2.34. The molecule has 2 aromatic carbocycles. The van der Waals surface area contributed by atoms with Crippen molar-refractivity contribution in [2.75, 3.05) is 20.2 Å². The second-order valence-electron chi connectivity index (χ2n) is 8.76. The molecule has 0 bridgehead atoms. The van der Waals surface area contributed by atoms with Crippen LogP contribution < -0.4 is 20.7 Å². The number of carboxylic acid groups (broad SMARTS) is 1. The number of nitrogens with one attached hydrogen (secondary N) is 1. The minimum atomic E-state index is -1.00. The number of rotatable bonds is 6. The van der Waals surface area contributed by atoms with Gasteiger partial charge in [-0.3, -0.25) is 19.4 Å². The number of aromatic amines is 1. The first-order chi connectivity index (χ1) is 17.6. The summed E-state index contributed by atoms with van der Waals surface area (Å²) in [6.45, 7) is 3.87. The second-order valence-corrected chi connectivity index (χ2v) is 9.61. The molecule has 1 fully saturated rings. The number of methoxy groups -OCH3 is 1. The van der Waals surface area contributed by atoms with E-state index in [-0.39, 0.29) is 6.54 Å². The lowest BCUT2D eigenvalue weighted by Crippen LogP contribution is -2.46. The highest BCUT2D eigenvalue weighted by atomic mass is 79.9. The number of H-pyrrole nitrogens is 1. The number of halogens is 1. The zero-order valence-corrected chi connectivity index (χ0v) is 22.0. The van der Waals surface area contributed by atoms with Crippen molar-refractivity contribution < 1.29 is 24.2 Å². The molecule has 1 aromatic heterocycles. The summed E-state index contributed by atoms with van der Waals surface area (Å²) in [6.07, 6.45) is 0.938. The number of ether oxygens (including phenoxy) is 2. The monoisotopic (exact) mass is 572 g/mol. The molecule has 194 valence electrons. The lowest BCUT2D eigenvalue weighted by atomic mass is 9.98. The van der Waals surface area contributed by atoms with Crippen LogP contribution in [0.5, 0.6) is 17.2 Å². The Morgan fingerprint density at radius 2 is 1.86 bits per heavy atom. The smallest absolute Gasteiger partial charge is 0.349 e. The second kappa shape index (κ2) is 10.6. The van der Waals surface area contributed by atoms with Crippen molar-refractivity contribution in [3.8, 4) is 22.9 Å². The van der Waals surface area contributed by atoms with Crippen LogP contribution in [0.3, 0.4) is 0 Å². The molecule has 2 heterocycles. The van der Waals surface area contributed by atoms with Crippen molar-refractivity contribution >= 4 is 27.8 Å². The minimum Gasteiger partial charge on any atom is -0.496 e. The van der Waals surface area contributed by atoms with Crippen LogP contribution in [-0.4, -0.2) is 56.8 Å². The molecule has 0 spiro atoms. The molecule has 2 N–H and O–H groups in total. The third-order valence-corrected chi connectivity index (χ3v) is 6.74. The van der Waals surface area contributed by atoms with E-state index in [0.717, 1.165) is 9.15 Å². The van der Waals surface area contributed by atoms with Gasteiger partial charge in [-0.25, -0.2) is 4.79 Å². The Morgan fingerprint density at radius 3 is 2.49 bits per heavy atom. The number of amides is 1. The molecule has 4 rings (SSSR count). The predicted molar refractivity (Wildman–Crippen MR) is 137 cm³/mol. The number of aromatic nitrogens is 3. The summed E-state index contributed by atoms with van der Waals surface area (Å²) >= 11 is 3.43. The maximum Gasteiger partial charge on any atom is 0.349 e. The summed E-state index contributed by atoms with van der Waals surface area (Å²) in [5.41, 5.74) is -0.512. The van der Waals surface area contributed by atoms with E-state index < -0.39 is 34.7 Å². The summed E-state index contributed by atoms with van der Waals surface area (Å²) in [4.78, 5) is 52.9. The molecule has 12 heteroatoms. The van der Waals surface area contributed by atoms with Crippen LogP contribution in [0, 0.1) is 19.8 Å². The minimum absolute atomic E-state index is 0.0276. The topological polar surface area (TPSA) is 144 Å². The van der Waals surface area contributed by atoms with Gasteiger partial charge in [0.05, 0.1) is 23.2 Å². The fourth-order valence-corrected chi connectivity index (χ4v) is 4.79. The zero-order valence-electron chi connectivity index (χ0n) is 20.4. The number of likely N-dealkylation sites (tertiary alicyclic amines) is 1. The summed E-state index contributed by atoms with van der Waals surface area (Å²) in [5, 5.41) is 13.4. The fourth-order valence-electron chi connectivity index (χ4n) is 4.27. The largest absolute Gasteiger partial charge is 0.496 e. The molecule has 0 aliphatic carbocycles. The van der Waals surface area contributed by atoms with E-state index in [9.17, 15) is 24.3 Å². The number of carbonyl (C=O) groups excluding carboxylic acids is 1. The number of nitrogens with zero attached hydrogens (tertiary/aromatic N) is 3. The SMILES string of the molecule is COc1ccc(Oc2c(C)cc(-n3nc(C(=O)N4CCCC(C(=O)O)C4)c(=O)[nH]c3=O)cc2C)cc1Br. The Balaban J connectivity index is 1.66. The van der Waals surface area contributed by atoms with Crippen LogP contribution >= 0.6 is 15.9 Å². The molecular weight excluding hydrogens is 548 g/mol. The quantitative estimate of drug-likeness (QED) is 0.458. The highest BCUT2D eigenvalue weighted by molar-refractivity contribution is 9.10. The van der Waals surface area contributed by atoms with Gasteiger partial charge in [0.2, 0.25) is 5.69 Å². The van der Waals surface area contributed by atoms with Gasteiger partial charge in [0.15, 0.2) is 0 Å². The predicted octanol–water partition coefficient (Wildman–Crippen LogP) is 3.04. The molecule has 1 unspecified atom stereocenters. The van der Waals surface area contributed by atoms with Gasteiger partial charge in [0.1, 0.15) is 17.2 Å². The molecule has 0 radical (unpaired) electrons. The number of aryl methyl sites for hydroxylation is 2. The summed E-state index contributed by atoms with van der Waals surface area (Å²) in [6, 6.07) is 8.61. The molecule has 11 nitrogen and oxygen atoms in total. The van der Waals surface area contributed by atoms with Gasteiger partial charge >= 0.3 is 11.7 Å².